The number of pyridine rings is 1. The zero-order valence-electron chi connectivity index (χ0n) is 11.8. The number of nitrogens with one attached hydrogen (secondary N) is 1. The Bertz CT molecular complexity index is 464. The molecule has 1 heterocycles. The summed E-state index contributed by atoms with van der Waals surface area (Å²) in [6.07, 6.45) is 5.15. The molecule has 4 heteroatoms. The largest absolute Gasteiger partial charge is 0.476 e. The molecular formula is C15H23N3O. The van der Waals surface area contributed by atoms with Crippen LogP contribution in [0.4, 0.5) is 11.5 Å². The van der Waals surface area contributed by atoms with Gasteiger partial charge in [0.2, 0.25) is 5.88 Å². The lowest BCUT2D eigenvalue weighted by molar-refractivity contribution is 0.290. The summed E-state index contributed by atoms with van der Waals surface area (Å²) in [6, 6.07) is 3.81. The lowest BCUT2D eigenvalue weighted by Crippen LogP contribution is -2.33. The monoisotopic (exact) mass is 261 g/mol. The normalized spacial score (nSPS) is 19.3. The number of rotatable bonds is 6. The van der Waals surface area contributed by atoms with E-state index in [1.54, 1.807) is 0 Å². The molecule has 1 aromatic rings. The van der Waals surface area contributed by atoms with Crippen molar-refractivity contribution in [3.05, 3.63) is 12.1 Å². The Kier molecular flexibility index (Phi) is 3.03. The highest BCUT2D eigenvalue weighted by atomic mass is 16.5. The third-order valence-electron chi connectivity index (χ3n) is 4.09. The lowest BCUT2D eigenvalue weighted by atomic mass is 9.99. The summed E-state index contributed by atoms with van der Waals surface area (Å²) in [6.45, 7) is 5.20. The molecule has 0 atom stereocenters. The van der Waals surface area contributed by atoms with Gasteiger partial charge < -0.3 is 15.8 Å². The first kappa shape index (κ1) is 12.6. The number of nitrogens with zero attached hydrogens (tertiary/aromatic N) is 1. The Morgan fingerprint density at radius 3 is 2.68 bits per heavy atom. The van der Waals surface area contributed by atoms with Crippen LogP contribution in [0.2, 0.25) is 0 Å². The van der Waals surface area contributed by atoms with Crippen LogP contribution in [0.1, 0.15) is 39.5 Å². The van der Waals surface area contributed by atoms with E-state index < -0.39 is 0 Å². The minimum atomic E-state index is 0.0941. The van der Waals surface area contributed by atoms with Gasteiger partial charge in [-0.05, 0) is 63.5 Å². The van der Waals surface area contributed by atoms with Gasteiger partial charge in [0.05, 0.1) is 12.3 Å². The average molecular weight is 261 g/mol. The van der Waals surface area contributed by atoms with Crippen LogP contribution in [0.3, 0.4) is 0 Å². The Labute approximate surface area is 114 Å². The van der Waals surface area contributed by atoms with E-state index >= 15 is 0 Å². The summed E-state index contributed by atoms with van der Waals surface area (Å²) >= 11 is 0. The number of hydrogen-bond donors (Lipinski definition) is 2. The molecule has 3 N–H and O–H groups in total. The summed E-state index contributed by atoms with van der Waals surface area (Å²) in [7, 11) is 0. The molecule has 0 aliphatic heterocycles. The number of aromatic nitrogens is 1. The van der Waals surface area contributed by atoms with E-state index in [4.69, 9.17) is 10.5 Å². The number of nitrogen functional groups attached to an aromatic ring is 1. The van der Waals surface area contributed by atoms with Gasteiger partial charge in [-0.3, -0.25) is 0 Å². The summed E-state index contributed by atoms with van der Waals surface area (Å²) in [5.74, 6) is 2.89. The molecule has 0 saturated heterocycles. The fourth-order valence-electron chi connectivity index (χ4n) is 2.35. The highest BCUT2D eigenvalue weighted by Crippen LogP contribution is 2.41. The summed E-state index contributed by atoms with van der Waals surface area (Å²) in [5.41, 5.74) is 6.63. The molecule has 104 valence electrons. The molecule has 4 nitrogen and oxygen atoms in total. The van der Waals surface area contributed by atoms with Crippen LogP contribution in [0.25, 0.3) is 0 Å². The second-order valence-corrected chi connectivity index (χ2v) is 6.47. The molecule has 2 aliphatic rings. The van der Waals surface area contributed by atoms with E-state index in [2.05, 4.69) is 24.1 Å². The molecule has 1 aromatic heterocycles. The molecule has 0 amide bonds. The van der Waals surface area contributed by atoms with Gasteiger partial charge in [-0.1, -0.05) is 0 Å². The first-order chi connectivity index (χ1) is 9.04. The quantitative estimate of drug-likeness (QED) is 0.826. The van der Waals surface area contributed by atoms with Gasteiger partial charge in [0.25, 0.3) is 0 Å². The molecule has 2 fully saturated rings. The molecule has 0 radical (unpaired) electrons. The van der Waals surface area contributed by atoms with Gasteiger partial charge >= 0.3 is 0 Å². The van der Waals surface area contributed by atoms with Gasteiger partial charge in [0.1, 0.15) is 5.82 Å². The van der Waals surface area contributed by atoms with E-state index in [0.717, 1.165) is 18.3 Å². The van der Waals surface area contributed by atoms with Crippen molar-refractivity contribution in [1.82, 2.24) is 4.98 Å². The lowest BCUT2D eigenvalue weighted by Gasteiger charge is -2.27. The van der Waals surface area contributed by atoms with Crippen LogP contribution in [-0.4, -0.2) is 17.1 Å². The average Bonchev–Trinajstić information content (AvgIpc) is 3.22. The van der Waals surface area contributed by atoms with Crippen molar-refractivity contribution in [2.45, 2.75) is 45.1 Å². The van der Waals surface area contributed by atoms with Gasteiger partial charge in [-0.15, -0.1) is 0 Å². The molecule has 3 rings (SSSR count). The Hall–Kier alpha value is -1.45. The molecule has 0 bridgehead atoms. The fourth-order valence-corrected chi connectivity index (χ4v) is 2.35. The van der Waals surface area contributed by atoms with Crippen LogP contribution < -0.4 is 15.8 Å². The van der Waals surface area contributed by atoms with E-state index in [-0.39, 0.29) is 5.54 Å². The first-order valence-corrected chi connectivity index (χ1v) is 7.22. The predicted molar refractivity (Wildman–Crippen MR) is 77.3 cm³/mol. The minimum Gasteiger partial charge on any atom is -0.476 e. The second kappa shape index (κ2) is 4.58. The first-order valence-electron chi connectivity index (χ1n) is 7.22. The minimum absolute atomic E-state index is 0.0941. The van der Waals surface area contributed by atoms with E-state index in [9.17, 15) is 0 Å². The smallest absolute Gasteiger partial charge is 0.239 e. The van der Waals surface area contributed by atoms with E-state index in [1.165, 1.54) is 25.7 Å². The third-order valence-corrected chi connectivity index (χ3v) is 4.09. The van der Waals surface area contributed by atoms with Crippen molar-refractivity contribution in [2.75, 3.05) is 17.7 Å². The van der Waals surface area contributed by atoms with Crippen LogP contribution in [0.5, 0.6) is 5.88 Å². The maximum Gasteiger partial charge on any atom is 0.239 e. The Morgan fingerprint density at radius 1 is 1.32 bits per heavy atom. The molecule has 2 aliphatic carbocycles. The van der Waals surface area contributed by atoms with Crippen molar-refractivity contribution in [3.63, 3.8) is 0 Å². The predicted octanol–water partition coefficient (Wildman–Crippen LogP) is 3.05. The maximum absolute atomic E-state index is 5.92. The van der Waals surface area contributed by atoms with Crippen LogP contribution in [0.15, 0.2) is 12.1 Å². The van der Waals surface area contributed by atoms with Gasteiger partial charge in [-0.2, -0.15) is 4.98 Å². The highest BCUT2D eigenvalue weighted by Gasteiger charge is 2.37. The van der Waals surface area contributed by atoms with Crippen LogP contribution in [-0.2, 0) is 0 Å². The summed E-state index contributed by atoms with van der Waals surface area (Å²) in [4.78, 5) is 4.51. The molecule has 2 saturated carbocycles. The number of nitrogens with two attached hydrogens (primary N) is 1. The number of ether oxygens (including phenoxy) is 1. The SMILES string of the molecule is CC(C)(Nc1ccc(N)c(OCC2CC2)n1)C1CC1. The highest BCUT2D eigenvalue weighted by molar-refractivity contribution is 5.54. The van der Waals surface area contributed by atoms with Crippen molar-refractivity contribution < 1.29 is 4.74 Å². The Balaban J connectivity index is 1.68. The summed E-state index contributed by atoms with van der Waals surface area (Å²) < 4.78 is 5.72. The van der Waals surface area contributed by atoms with Gasteiger partial charge in [0.15, 0.2) is 0 Å². The molecule has 0 unspecified atom stereocenters. The molecule has 0 spiro atoms. The van der Waals surface area contributed by atoms with Crippen molar-refractivity contribution in [3.8, 4) is 5.88 Å². The van der Waals surface area contributed by atoms with Crippen LogP contribution in [0, 0.1) is 11.8 Å². The standard InChI is InChI=1S/C15H23N3O/c1-15(2,11-5-6-11)18-13-8-7-12(16)14(17-13)19-9-10-3-4-10/h7-8,10-11H,3-6,9,16H2,1-2H3,(H,17,18). The molecular weight excluding hydrogens is 238 g/mol. The van der Waals surface area contributed by atoms with Gasteiger partial charge in [-0.25, -0.2) is 0 Å². The van der Waals surface area contributed by atoms with Crippen LogP contribution >= 0.6 is 0 Å². The third kappa shape index (κ3) is 3.11. The zero-order chi connectivity index (χ0) is 13.5. The van der Waals surface area contributed by atoms with Crippen molar-refractivity contribution in [2.24, 2.45) is 11.8 Å². The van der Waals surface area contributed by atoms with Gasteiger partial charge in [0, 0.05) is 5.54 Å². The van der Waals surface area contributed by atoms with E-state index in [1.807, 2.05) is 12.1 Å². The zero-order valence-corrected chi connectivity index (χ0v) is 11.8. The van der Waals surface area contributed by atoms with E-state index in [0.29, 0.717) is 17.5 Å². The number of hydrogen-bond acceptors (Lipinski definition) is 4. The Morgan fingerprint density at radius 2 is 2.05 bits per heavy atom. The number of anilines is 2. The van der Waals surface area contributed by atoms with Crippen molar-refractivity contribution in [1.29, 1.82) is 0 Å². The fraction of sp³-hybridized carbons (Fsp3) is 0.667. The summed E-state index contributed by atoms with van der Waals surface area (Å²) in [5, 5.41) is 3.50. The molecule has 0 aromatic carbocycles. The topological polar surface area (TPSA) is 60.2 Å². The maximum atomic E-state index is 5.92. The van der Waals surface area contributed by atoms with Crippen molar-refractivity contribution >= 4 is 11.5 Å². The second-order valence-electron chi connectivity index (χ2n) is 6.47. The molecule has 19 heavy (non-hydrogen) atoms.